The minimum Gasteiger partial charge on any atom is -0.481 e. The fraction of sp³-hybridized carbons (Fsp3) is 0.577. The van der Waals surface area contributed by atoms with Crippen LogP contribution in [0.1, 0.15) is 32.2 Å². The highest BCUT2D eigenvalue weighted by molar-refractivity contribution is 7.66. The molecular weight excluding hydrogens is 865 g/mol. The van der Waals surface area contributed by atoms with Crippen molar-refractivity contribution in [1.82, 2.24) is 34.1 Å². The number of nitrogen functional groups attached to an aromatic ring is 2. The molecule has 0 amide bonds. The van der Waals surface area contributed by atoms with Gasteiger partial charge in [0.05, 0.1) is 33.0 Å². The number of nitrogens with two attached hydrogens (primary N) is 2. The van der Waals surface area contributed by atoms with Crippen molar-refractivity contribution < 1.29 is 89.7 Å². The predicted octanol–water partition coefficient (Wildman–Crippen LogP) is -2.90. The fourth-order valence-electron chi connectivity index (χ4n) is 6.73. The standard InChI is InChI=1S/C26H35N10O20P3/c1-26(4-3-11(37)38)53-16-10(52-23(17(16)54-26)35-7-29-12-18(35)30-24(27)32-20(12)41)6-50-58(45,46)56-59(47,48)55-57(43,44)49-5-9-14(39)15(40)22(51-9)36-8-34(2)13-19(36)31-25(28)33-21(13)42/h7-10,14-17,22-23,39-40H,3-6H2,1-2H3,(H9-,27,28,30,31,32,33,37,38,41,42,43,44,45,46,47,48)/p+1/t9-,10-,14-,15-,16-,17-,22-,23-,26+/m1/s1. The highest BCUT2D eigenvalue weighted by Gasteiger charge is 2.58. The van der Waals surface area contributed by atoms with Crippen LogP contribution in [-0.4, -0.2) is 126 Å². The topological polar surface area (TPSA) is 434 Å². The summed E-state index contributed by atoms with van der Waals surface area (Å²) >= 11 is 0. The molecule has 324 valence electrons. The van der Waals surface area contributed by atoms with Crippen molar-refractivity contribution in [1.29, 1.82) is 0 Å². The third-order valence-corrected chi connectivity index (χ3v) is 13.4. The Hall–Kier alpha value is -4.06. The molecule has 0 spiro atoms. The van der Waals surface area contributed by atoms with Gasteiger partial charge in [-0.15, -0.1) is 0 Å². The van der Waals surface area contributed by atoms with Crippen LogP contribution in [-0.2, 0) is 62.2 Å². The summed E-state index contributed by atoms with van der Waals surface area (Å²) in [5, 5.41) is 30.5. The number of nitrogens with one attached hydrogen (secondary N) is 2. The highest BCUT2D eigenvalue weighted by Crippen LogP contribution is 2.68. The number of aromatic nitrogens is 8. The monoisotopic (exact) mass is 901 g/mol. The summed E-state index contributed by atoms with van der Waals surface area (Å²) in [6.07, 6.45) is -9.75. The van der Waals surface area contributed by atoms with E-state index in [0.29, 0.717) is 0 Å². The van der Waals surface area contributed by atoms with Gasteiger partial charge >= 0.3 is 35.1 Å². The van der Waals surface area contributed by atoms with Crippen molar-refractivity contribution in [2.75, 3.05) is 24.7 Å². The second-order valence-corrected chi connectivity index (χ2v) is 18.1. The number of rotatable bonds is 15. The van der Waals surface area contributed by atoms with Gasteiger partial charge in [0.15, 0.2) is 29.5 Å². The Morgan fingerprint density at radius 3 is 2.20 bits per heavy atom. The lowest BCUT2D eigenvalue weighted by atomic mass is 10.1. The van der Waals surface area contributed by atoms with E-state index in [2.05, 4.69) is 38.1 Å². The summed E-state index contributed by atoms with van der Waals surface area (Å²) in [5.74, 6) is -3.29. The van der Waals surface area contributed by atoms with E-state index >= 15 is 0 Å². The van der Waals surface area contributed by atoms with Crippen LogP contribution in [0, 0.1) is 0 Å². The van der Waals surface area contributed by atoms with Gasteiger partial charge in [0.1, 0.15) is 36.6 Å². The molecule has 7 rings (SSSR count). The number of phosphoric ester groups is 2. The van der Waals surface area contributed by atoms with Crippen LogP contribution < -0.4 is 27.2 Å². The molecule has 33 heteroatoms. The van der Waals surface area contributed by atoms with Gasteiger partial charge in [-0.2, -0.15) is 13.6 Å². The molecule has 0 bridgehead atoms. The molecule has 4 aromatic heterocycles. The van der Waals surface area contributed by atoms with Crippen LogP contribution >= 0.6 is 23.5 Å². The van der Waals surface area contributed by atoms with E-state index < -0.39 is 115 Å². The second-order valence-electron chi connectivity index (χ2n) is 13.5. The quantitative estimate of drug-likeness (QED) is 0.0422. The third kappa shape index (κ3) is 8.75. The number of hydrogen-bond donors (Lipinski definition) is 10. The van der Waals surface area contributed by atoms with Crippen molar-refractivity contribution in [3.05, 3.63) is 33.4 Å². The molecule has 0 aliphatic carbocycles. The number of ether oxygens (including phenoxy) is 4. The average molecular weight is 902 g/mol. The van der Waals surface area contributed by atoms with Gasteiger partial charge in [-0.3, -0.25) is 42.5 Å². The number of aromatic amines is 2. The van der Waals surface area contributed by atoms with Gasteiger partial charge in [0.25, 0.3) is 17.1 Å². The molecule has 3 aliphatic heterocycles. The molecule has 3 unspecified atom stereocenters. The first-order valence-corrected chi connectivity index (χ1v) is 21.4. The van der Waals surface area contributed by atoms with Gasteiger partial charge in [-0.25, -0.2) is 23.2 Å². The zero-order valence-electron chi connectivity index (χ0n) is 30.2. The van der Waals surface area contributed by atoms with E-state index in [0.717, 1.165) is 10.9 Å². The number of aryl methyl sites for hydroxylation is 1. The Morgan fingerprint density at radius 1 is 0.932 bits per heavy atom. The summed E-state index contributed by atoms with van der Waals surface area (Å²) in [4.78, 5) is 83.4. The number of carboxylic acids is 1. The number of nitrogens with zero attached hydrogens (tertiary/aromatic N) is 6. The number of imidazole rings is 2. The normalized spacial score (nSPS) is 31.3. The van der Waals surface area contributed by atoms with Crippen LogP contribution in [0.25, 0.3) is 22.3 Å². The first-order chi connectivity index (χ1) is 27.5. The Bertz CT molecular complexity index is 2570. The lowest BCUT2D eigenvalue weighted by molar-refractivity contribution is -0.745. The van der Waals surface area contributed by atoms with Crippen LogP contribution in [0.3, 0.4) is 0 Å². The third-order valence-electron chi connectivity index (χ3n) is 9.19. The average Bonchev–Trinajstić information content (AvgIpc) is 3.90. The predicted molar refractivity (Wildman–Crippen MR) is 187 cm³/mol. The lowest BCUT2D eigenvalue weighted by Crippen LogP contribution is -2.46. The SMILES string of the molecule is Cn1c[n+]([C@@H]2O[C@H](COP(=O)(O)OP(=O)(O)OP(=O)(O)OC[C@H]3O[C@@H](n4cnc5c(=O)[nH]c(N)nc54)[C@@H]4O[C@@](C)(CCC(=O)O)O[C@@H]43)[C@@H](O)[C@H]2O)c2nc(N)[nH]c(=O)c21. The van der Waals surface area contributed by atoms with Crippen molar-refractivity contribution in [2.45, 2.75) is 74.6 Å². The van der Waals surface area contributed by atoms with Crippen molar-refractivity contribution >= 4 is 63.7 Å². The van der Waals surface area contributed by atoms with E-state index in [4.69, 9.17) is 34.9 Å². The van der Waals surface area contributed by atoms with Crippen LogP contribution in [0.5, 0.6) is 0 Å². The first kappa shape index (κ1) is 43.0. The van der Waals surface area contributed by atoms with Crippen LogP contribution in [0.4, 0.5) is 11.9 Å². The van der Waals surface area contributed by atoms with Crippen molar-refractivity contribution in [3.63, 3.8) is 0 Å². The Kier molecular flexibility index (Phi) is 11.3. The number of aliphatic hydroxyl groups is 2. The smallest absolute Gasteiger partial charge is 0.481 e. The van der Waals surface area contributed by atoms with Gasteiger partial charge < -0.3 is 60.4 Å². The van der Waals surface area contributed by atoms with Crippen molar-refractivity contribution in [3.8, 4) is 0 Å². The Balaban J connectivity index is 0.993. The number of H-pyrrole nitrogens is 2. The van der Waals surface area contributed by atoms with E-state index in [9.17, 15) is 58.1 Å². The molecule has 4 aromatic rings. The molecule has 12 N–H and O–H groups in total. The Labute approximate surface area is 327 Å². The number of carbonyl (C=O) groups is 1. The zero-order valence-corrected chi connectivity index (χ0v) is 32.9. The molecule has 30 nitrogen and oxygen atoms in total. The van der Waals surface area contributed by atoms with Crippen LogP contribution in [0.2, 0.25) is 0 Å². The van der Waals surface area contributed by atoms with Crippen molar-refractivity contribution in [2.24, 2.45) is 7.05 Å². The summed E-state index contributed by atoms with van der Waals surface area (Å²) < 4.78 is 83.4. The number of phosphoric acid groups is 3. The van der Waals surface area contributed by atoms with Gasteiger partial charge in [0, 0.05) is 6.42 Å². The minimum atomic E-state index is -6.04. The summed E-state index contributed by atoms with van der Waals surface area (Å²) in [7, 11) is -16.0. The highest BCUT2D eigenvalue weighted by atomic mass is 31.3. The zero-order chi connectivity index (χ0) is 43.0. The number of fused-ring (bicyclic) bond motifs is 3. The maximum Gasteiger partial charge on any atom is 0.490 e. The van der Waals surface area contributed by atoms with Gasteiger partial charge in [-0.1, -0.05) is 4.98 Å². The minimum absolute atomic E-state index is 0.00731. The molecule has 3 fully saturated rings. The van der Waals surface area contributed by atoms with E-state index in [1.807, 2.05) is 0 Å². The molecule has 0 radical (unpaired) electrons. The number of anilines is 2. The maximum absolute atomic E-state index is 12.9. The largest absolute Gasteiger partial charge is 0.490 e. The van der Waals surface area contributed by atoms with Crippen LogP contribution in [0.15, 0.2) is 22.2 Å². The molecule has 59 heavy (non-hydrogen) atoms. The Morgan fingerprint density at radius 2 is 1.54 bits per heavy atom. The molecule has 0 saturated carbocycles. The summed E-state index contributed by atoms with van der Waals surface area (Å²) in [6, 6.07) is 0. The van der Waals surface area contributed by atoms with Gasteiger partial charge in [-0.05, 0) is 6.92 Å². The number of carboxylic acid groups (broad SMARTS) is 1. The molecular formula is C26H36N10O20P3+. The number of aliphatic carboxylic acids is 1. The lowest BCUT2D eigenvalue weighted by Gasteiger charge is -2.27. The van der Waals surface area contributed by atoms with E-state index in [1.54, 1.807) is 0 Å². The fourth-order valence-corrected chi connectivity index (χ4v) is 10.3. The number of aliphatic hydroxyl groups excluding tert-OH is 2. The summed E-state index contributed by atoms with van der Waals surface area (Å²) in [6.45, 7) is -0.631. The second kappa shape index (κ2) is 15.4. The molecule has 3 aliphatic rings. The summed E-state index contributed by atoms with van der Waals surface area (Å²) in [5.41, 5.74) is 9.71. The molecule has 3 saturated heterocycles. The first-order valence-electron chi connectivity index (χ1n) is 16.9. The molecule has 0 aromatic carbocycles. The van der Waals surface area contributed by atoms with E-state index in [1.165, 1.54) is 29.4 Å². The van der Waals surface area contributed by atoms with Gasteiger partial charge in [0.2, 0.25) is 17.7 Å². The number of hydrogen-bond acceptors (Lipinski definition) is 21. The van der Waals surface area contributed by atoms with E-state index in [-0.39, 0.29) is 40.6 Å². The molecule has 7 heterocycles. The molecule has 12 atom stereocenters. The maximum atomic E-state index is 12.9.